The van der Waals surface area contributed by atoms with E-state index in [-0.39, 0.29) is 11.4 Å². The Labute approximate surface area is 138 Å². The molecule has 0 saturated carbocycles. The van der Waals surface area contributed by atoms with Gasteiger partial charge in [-0.3, -0.25) is 4.68 Å². The Balaban J connectivity index is 1.61. The van der Waals surface area contributed by atoms with Crippen LogP contribution < -0.4 is 5.32 Å². The van der Waals surface area contributed by atoms with Gasteiger partial charge in [0.05, 0.1) is 18.3 Å². The van der Waals surface area contributed by atoms with E-state index in [0.717, 1.165) is 16.8 Å². The monoisotopic (exact) mass is 325 g/mol. The molecule has 3 rings (SSSR count). The predicted octanol–water partition coefficient (Wildman–Crippen LogP) is 3.38. The molecule has 0 spiro atoms. The van der Waals surface area contributed by atoms with Crippen molar-refractivity contribution in [2.24, 2.45) is 0 Å². The van der Waals surface area contributed by atoms with Crippen molar-refractivity contribution in [1.29, 1.82) is 0 Å². The summed E-state index contributed by atoms with van der Waals surface area (Å²) in [6.07, 6.45) is 3.65. The molecule has 1 heterocycles. The van der Waals surface area contributed by atoms with Crippen LogP contribution in [-0.2, 0) is 13.1 Å². The highest BCUT2D eigenvalue weighted by Gasteiger charge is 2.04. The van der Waals surface area contributed by atoms with Gasteiger partial charge in [-0.05, 0) is 35.9 Å². The number of hydrogen-bond acceptors (Lipinski definition) is 3. The van der Waals surface area contributed by atoms with E-state index >= 15 is 0 Å². The smallest absolute Gasteiger partial charge is 0.335 e. The number of anilines is 1. The van der Waals surface area contributed by atoms with Crippen LogP contribution in [-0.4, -0.2) is 20.9 Å². The van der Waals surface area contributed by atoms with E-state index in [1.807, 2.05) is 12.3 Å². The summed E-state index contributed by atoms with van der Waals surface area (Å²) in [5, 5.41) is 16.4. The molecule has 24 heavy (non-hydrogen) atoms. The van der Waals surface area contributed by atoms with E-state index in [1.165, 1.54) is 12.1 Å². The first-order chi connectivity index (χ1) is 11.6. The van der Waals surface area contributed by atoms with Crippen molar-refractivity contribution in [1.82, 2.24) is 9.78 Å². The van der Waals surface area contributed by atoms with Gasteiger partial charge in [0.25, 0.3) is 0 Å². The maximum absolute atomic E-state index is 12.9. The molecule has 6 heteroatoms. The molecule has 0 radical (unpaired) electrons. The SMILES string of the molecule is O=C(O)c1cccc(NCc2cnn(Cc3ccc(F)cc3)c2)c1. The molecule has 0 aliphatic carbocycles. The van der Waals surface area contributed by atoms with Crippen LogP contribution in [0.2, 0.25) is 0 Å². The van der Waals surface area contributed by atoms with Crippen LogP contribution >= 0.6 is 0 Å². The molecule has 0 aliphatic heterocycles. The van der Waals surface area contributed by atoms with Crippen LogP contribution in [0.3, 0.4) is 0 Å². The number of aromatic nitrogens is 2. The summed E-state index contributed by atoms with van der Waals surface area (Å²) in [6.45, 7) is 1.10. The highest BCUT2D eigenvalue weighted by atomic mass is 19.1. The lowest BCUT2D eigenvalue weighted by atomic mass is 10.2. The molecule has 0 atom stereocenters. The number of rotatable bonds is 6. The van der Waals surface area contributed by atoms with E-state index in [2.05, 4.69) is 10.4 Å². The van der Waals surface area contributed by atoms with Crippen molar-refractivity contribution in [3.8, 4) is 0 Å². The Bertz CT molecular complexity index is 843. The van der Waals surface area contributed by atoms with Crippen LogP contribution in [0.15, 0.2) is 60.9 Å². The first-order valence-electron chi connectivity index (χ1n) is 7.43. The van der Waals surface area contributed by atoms with E-state index in [4.69, 9.17) is 5.11 Å². The van der Waals surface area contributed by atoms with Crippen LogP contribution in [0.5, 0.6) is 0 Å². The zero-order chi connectivity index (χ0) is 16.9. The number of hydrogen-bond donors (Lipinski definition) is 2. The fourth-order valence-electron chi connectivity index (χ4n) is 2.33. The third-order valence-electron chi connectivity index (χ3n) is 3.55. The summed E-state index contributed by atoms with van der Waals surface area (Å²) < 4.78 is 14.7. The normalized spacial score (nSPS) is 10.5. The summed E-state index contributed by atoms with van der Waals surface area (Å²) in [5.74, 6) is -1.21. The highest BCUT2D eigenvalue weighted by molar-refractivity contribution is 5.88. The van der Waals surface area contributed by atoms with Gasteiger partial charge in [-0.25, -0.2) is 9.18 Å². The molecule has 3 aromatic rings. The number of halogens is 1. The quantitative estimate of drug-likeness (QED) is 0.729. The molecular weight excluding hydrogens is 309 g/mol. The Kier molecular flexibility index (Phi) is 4.56. The van der Waals surface area contributed by atoms with Gasteiger partial charge in [0.2, 0.25) is 0 Å². The first kappa shape index (κ1) is 15.7. The molecular formula is C18H16FN3O2. The van der Waals surface area contributed by atoms with E-state index in [0.29, 0.717) is 13.1 Å². The molecule has 2 aromatic carbocycles. The van der Waals surface area contributed by atoms with Gasteiger partial charge in [0, 0.05) is 24.0 Å². The summed E-state index contributed by atoms with van der Waals surface area (Å²) in [7, 11) is 0. The number of carbonyl (C=O) groups is 1. The number of nitrogens with one attached hydrogen (secondary N) is 1. The lowest BCUT2D eigenvalue weighted by molar-refractivity contribution is 0.0697. The van der Waals surface area contributed by atoms with Crippen molar-refractivity contribution >= 4 is 11.7 Å². The molecule has 0 bridgehead atoms. The predicted molar refractivity (Wildman–Crippen MR) is 88.5 cm³/mol. The molecule has 5 nitrogen and oxygen atoms in total. The van der Waals surface area contributed by atoms with Crippen LogP contribution in [0.4, 0.5) is 10.1 Å². The standard InChI is InChI=1S/C18H16FN3O2/c19-16-6-4-13(5-7-16)11-22-12-14(10-21-22)9-20-17-3-1-2-15(8-17)18(23)24/h1-8,10,12,20H,9,11H2,(H,23,24). The third kappa shape index (κ3) is 3.98. The van der Waals surface area contributed by atoms with Gasteiger partial charge < -0.3 is 10.4 Å². The first-order valence-corrected chi connectivity index (χ1v) is 7.43. The second-order valence-electron chi connectivity index (χ2n) is 5.41. The van der Waals surface area contributed by atoms with Crippen molar-refractivity contribution in [2.75, 3.05) is 5.32 Å². The van der Waals surface area contributed by atoms with Crippen molar-refractivity contribution < 1.29 is 14.3 Å². The minimum Gasteiger partial charge on any atom is -0.478 e. The van der Waals surface area contributed by atoms with Gasteiger partial charge in [0.15, 0.2) is 0 Å². The summed E-state index contributed by atoms with van der Waals surface area (Å²) in [4.78, 5) is 11.0. The maximum Gasteiger partial charge on any atom is 0.335 e. The number of carboxylic acids is 1. The Morgan fingerprint density at radius 1 is 1.17 bits per heavy atom. The summed E-state index contributed by atoms with van der Waals surface area (Å²) in [6, 6.07) is 13.0. The number of carboxylic acid groups (broad SMARTS) is 1. The van der Waals surface area contributed by atoms with Gasteiger partial charge in [-0.1, -0.05) is 18.2 Å². The molecule has 0 amide bonds. The second kappa shape index (κ2) is 6.95. The average molecular weight is 325 g/mol. The Morgan fingerprint density at radius 3 is 2.71 bits per heavy atom. The molecule has 1 aromatic heterocycles. The molecule has 2 N–H and O–H groups in total. The lowest BCUT2D eigenvalue weighted by Crippen LogP contribution is -2.02. The van der Waals surface area contributed by atoms with Gasteiger partial charge in [-0.15, -0.1) is 0 Å². The van der Waals surface area contributed by atoms with Crippen molar-refractivity contribution in [3.05, 3.63) is 83.4 Å². The molecule has 0 unspecified atom stereocenters. The Morgan fingerprint density at radius 2 is 1.96 bits per heavy atom. The number of nitrogens with zero attached hydrogens (tertiary/aromatic N) is 2. The molecule has 0 saturated heterocycles. The highest BCUT2D eigenvalue weighted by Crippen LogP contribution is 2.12. The zero-order valence-corrected chi connectivity index (χ0v) is 12.8. The molecule has 122 valence electrons. The largest absolute Gasteiger partial charge is 0.478 e. The summed E-state index contributed by atoms with van der Waals surface area (Å²) >= 11 is 0. The van der Waals surface area contributed by atoms with Gasteiger partial charge >= 0.3 is 5.97 Å². The minimum absolute atomic E-state index is 0.243. The van der Waals surface area contributed by atoms with E-state index < -0.39 is 5.97 Å². The minimum atomic E-state index is -0.953. The topological polar surface area (TPSA) is 67.2 Å². The van der Waals surface area contributed by atoms with Gasteiger partial charge in [0.1, 0.15) is 5.82 Å². The van der Waals surface area contributed by atoms with E-state index in [1.54, 1.807) is 41.2 Å². The van der Waals surface area contributed by atoms with Crippen LogP contribution in [0.25, 0.3) is 0 Å². The van der Waals surface area contributed by atoms with Crippen LogP contribution in [0, 0.1) is 5.82 Å². The maximum atomic E-state index is 12.9. The average Bonchev–Trinajstić information content (AvgIpc) is 3.03. The molecule has 0 fully saturated rings. The Hall–Kier alpha value is -3.15. The van der Waals surface area contributed by atoms with E-state index in [9.17, 15) is 9.18 Å². The van der Waals surface area contributed by atoms with Crippen molar-refractivity contribution in [2.45, 2.75) is 13.1 Å². The summed E-state index contributed by atoms with van der Waals surface area (Å²) in [5.41, 5.74) is 2.92. The zero-order valence-electron chi connectivity index (χ0n) is 12.8. The van der Waals surface area contributed by atoms with Crippen LogP contribution in [0.1, 0.15) is 21.5 Å². The number of aromatic carboxylic acids is 1. The van der Waals surface area contributed by atoms with Crippen molar-refractivity contribution in [3.63, 3.8) is 0 Å². The molecule has 0 aliphatic rings. The number of benzene rings is 2. The fourth-order valence-corrected chi connectivity index (χ4v) is 2.33. The van der Waals surface area contributed by atoms with Gasteiger partial charge in [-0.2, -0.15) is 5.10 Å². The second-order valence-corrected chi connectivity index (χ2v) is 5.41. The third-order valence-corrected chi connectivity index (χ3v) is 3.55. The lowest BCUT2D eigenvalue weighted by Gasteiger charge is -2.05. The fraction of sp³-hybridized carbons (Fsp3) is 0.111.